The second kappa shape index (κ2) is 3.84. The molecule has 0 amide bonds. The second-order valence-electron chi connectivity index (χ2n) is 6.90. The molecular weight excluding hydrogens is 244 g/mol. The van der Waals surface area contributed by atoms with Gasteiger partial charge < -0.3 is 9.84 Å². The Balaban J connectivity index is 1.89. The van der Waals surface area contributed by atoms with Crippen molar-refractivity contribution in [2.45, 2.75) is 51.0 Å². The van der Waals surface area contributed by atoms with Crippen molar-refractivity contribution in [3.05, 3.63) is 12.2 Å². The van der Waals surface area contributed by atoms with E-state index in [2.05, 4.69) is 6.58 Å². The molecule has 4 aliphatic rings. The molecule has 0 aromatic heterocycles. The standard InChI is InChI=1S/C15H20O4/c1-9(2)12(16)19-15-6-10-3-11(7-15)5-14(4-10,8-15)13(17)18/h10-11H,1,3-8H2,2H3,(H,17,18)/t10-,11?,14?,15?/m0/s1. The van der Waals surface area contributed by atoms with Gasteiger partial charge in [0.1, 0.15) is 5.60 Å². The lowest BCUT2D eigenvalue weighted by atomic mass is 9.48. The number of carboxylic acid groups (broad SMARTS) is 1. The van der Waals surface area contributed by atoms with Crippen LogP contribution in [0.4, 0.5) is 0 Å². The minimum absolute atomic E-state index is 0.373. The lowest BCUT2D eigenvalue weighted by Gasteiger charge is -2.59. The van der Waals surface area contributed by atoms with Gasteiger partial charge in [0.05, 0.1) is 5.41 Å². The van der Waals surface area contributed by atoms with Crippen molar-refractivity contribution >= 4 is 11.9 Å². The molecule has 4 rings (SSSR count). The molecule has 0 spiro atoms. The zero-order valence-electron chi connectivity index (χ0n) is 11.3. The molecule has 0 aromatic carbocycles. The van der Waals surface area contributed by atoms with E-state index < -0.39 is 17.0 Å². The average Bonchev–Trinajstić information content (AvgIpc) is 2.25. The largest absolute Gasteiger partial charge is 0.481 e. The number of aliphatic carboxylic acids is 1. The number of carbonyl (C=O) groups is 2. The van der Waals surface area contributed by atoms with Gasteiger partial charge >= 0.3 is 11.9 Å². The summed E-state index contributed by atoms with van der Waals surface area (Å²) in [4.78, 5) is 23.5. The molecule has 4 atom stereocenters. The Hall–Kier alpha value is -1.32. The van der Waals surface area contributed by atoms with Crippen molar-refractivity contribution in [2.75, 3.05) is 0 Å². The van der Waals surface area contributed by atoms with Gasteiger partial charge in [-0.15, -0.1) is 0 Å². The van der Waals surface area contributed by atoms with Gasteiger partial charge in [-0.1, -0.05) is 6.58 Å². The Morgan fingerprint density at radius 2 is 1.79 bits per heavy atom. The van der Waals surface area contributed by atoms with E-state index in [-0.39, 0.29) is 5.97 Å². The predicted molar refractivity (Wildman–Crippen MR) is 68.4 cm³/mol. The maximum absolute atomic E-state index is 11.8. The van der Waals surface area contributed by atoms with Crippen LogP contribution in [0.5, 0.6) is 0 Å². The minimum Gasteiger partial charge on any atom is -0.481 e. The maximum atomic E-state index is 11.8. The third kappa shape index (κ3) is 1.88. The third-order valence-corrected chi connectivity index (χ3v) is 5.12. The van der Waals surface area contributed by atoms with Crippen LogP contribution in [0.1, 0.15) is 45.4 Å². The maximum Gasteiger partial charge on any atom is 0.333 e. The number of hydrogen-bond donors (Lipinski definition) is 1. The van der Waals surface area contributed by atoms with E-state index in [1.54, 1.807) is 6.92 Å². The summed E-state index contributed by atoms with van der Waals surface area (Å²) in [6.45, 7) is 5.25. The fourth-order valence-corrected chi connectivity index (χ4v) is 4.83. The molecule has 4 nitrogen and oxygen atoms in total. The molecule has 0 aromatic rings. The van der Waals surface area contributed by atoms with Crippen molar-refractivity contribution in [1.29, 1.82) is 0 Å². The summed E-state index contributed by atoms with van der Waals surface area (Å²) in [6, 6.07) is 0. The Morgan fingerprint density at radius 3 is 2.26 bits per heavy atom. The van der Waals surface area contributed by atoms with Crippen LogP contribution >= 0.6 is 0 Å². The van der Waals surface area contributed by atoms with Gasteiger partial charge in [0.25, 0.3) is 0 Å². The first-order valence-electron chi connectivity index (χ1n) is 6.96. The quantitative estimate of drug-likeness (QED) is 0.628. The number of carbonyl (C=O) groups excluding carboxylic acids is 1. The summed E-state index contributed by atoms with van der Waals surface area (Å²) in [5.41, 5.74) is -0.807. The van der Waals surface area contributed by atoms with Gasteiger partial charge in [0.15, 0.2) is 0 Å². The minimum atomic E-state index is -0.711. The number of ether oxygens (including phenoxy) is 1. The van der Waals surface area contributed by atoms with E-state index in [0.29, 0.717) is 23.8 Å². The molecule has 0 saturated heterocycles. The fraction of sp³-hybridized carbons (Fsp3) is 0.733. The van der Waals surface area contributed by atoms with E-state index in [4.69, 9.17) is 4.74 Å². The van der Waals surface area contributed by atoms with Crippen molar-refractivity contribution in [3.63, 3.8) is 0 Å². The average molecular weight is 264 g/mol. The number of hydrogen-bond acceptors (Lipinski definition) is 3. The highest BCUT2D eigenvalue weighted by molar-refractivity contribution is 5.87. The van der Waals surface area contributed by atoms with Gasteiger partial charge in [0, 0.05) is 12.0 Å². The Labute approximate surface area is 112 Å². The molecule has 104 valence electrons. The molecule has 3 unspecified atom stereocenters. The smallest absolute Gasteiger partial charge is 0.333 e. The molecular formula is C15H20O4. The van der Waals surface area contributed by atoms with Crippen LogP contribution < -0.4 is 0 Å². The Bertz CT molecular complexity index is 451. The SMILES string of the molecule is C=C(C)C(=O)OC12CC3C[C@H](C1)CC(C(=O)O)(C3)C2. The summed E-state index contributed by atoms with van der Waals surface area (Å²) < 4.78 is 5.69. The fourth-order valence-electron chi connectivity index (χ4n) is 4.83. The molecule has 4 fully saturated rings. The van der Waals surface area contributed by atoms with E-state index in [1.165, 1.54) is 0 Å². The summed E-state index contributed by atoms with van der Waals surface area (Å²) in [5, 5.41) is 9.58. The molecule has 0 heterocycles. The van der Waals surface area contributed by atoms with Crippen molar-refractivity contribution in [3.8, 4) is 0 Å². The topological polar surface area (TPSA) is 63.6 Å². The first-order valence-corrected chi connectivity index (χ1v) is 6.96. The number of rotatable bonds is 3. The van der Waals surface area contributed by atoms with Crippen LogP contribution in [0.2, 0.25) is 0 Å². The van der Waals surface area contributed by atoms with Crippen molar-refractivity contribution < 1.29 is 19.4 Å². The van der Waals surface area contributed by atoms with Crippen LogP contribution in [-0.4, -0.2) is 22.6 Å². The molecule has 4 aliphatic carbocycles. The van der Waals surface area contributed by atoms with Crippen molar-refractivity contribution in [1.82, 2.24) is 0 Å². The Morgan fingerprint density at radius 1 is 1.21 bits per heavy atom. The monoisotopic (exact) mass is 264 g/mol. The molecule has 4 saturated carbocycles. The van der Waals surface area contributed by atoms with Crippen LogP contribution in [0.3, 0.4) is 0 Å². The Kier molecular flexibility index (Phi) is 2.57. The van der Waals surface area contributed by atoms with Gasteiger partial charge in [-0.05, 0) is 50.9 Å². The predicted octanol–water partition coefficient (Wildman–Crippen LogP) is 2.53. The molecule has 4 heteroatoms. The van der Waals surface area contributed by atoms with Gasteiger partial charge in [-0.3, -0.25) is 4.79 Å². The lowest BCUT2D eigenvalue weighted by molar-refractivity contribution is -0.207. The summed E-state index contributed by atoms with van der Waals surface area (Å²) >= 11 is 0. The van der Waals surface area contributed by atoms with E-state index in [1.807, 2.05) is 0 Å². The van der Waals surface area contributed by atoms with Gasteiger partial charge in [0.2, 0.25) is 0 Å². The first-order chi connectivity index (χ1) is 8.84. The molecule has 0 radical (unpaired) electrons. The summed E-state index contributed by atoms with van der Waals surface area (Å²) in [5.74, 6) is -0.287. The van der Waals surface area contributed by atoms with E-state index in [0.717, 1.165) is 32.1 Å². The third-order valence-electron chi connectivity index (χ3n) is 5.12. The van der Waals surface area contributed by atoms with E-state index >= 15 is 0 Å². The van der Waals surface area contributed by atoms with Crippen LogP contribution in [0, 0.1) is 17.3 Å². The molecule has 19 heavy (non-hydrogen) atoms. The van der Waals surface area contributed by atoms with Crippen LogP contribution in [0.25, 0.3) is 0 Å². The number of carboxylic acids is 1. The summed E-state index contributed by atoms with van der Waals surface area (Å²) in [7, 11) is 0. The zero-order valence-corrected chi connectivity index (χ0v) is 11.3. The van der Waals surface area contributed by atoms with E-state index in [9.17, 15) is 14.7 Å². The normalized spacial score (nSPS) is 43.0. The highest BCUT2D eigenvalue weighted by Gasteiger charge is 2.62. The number of esters is 1. The first kappa shape index (κ1) is 12.7. The molecule has 1 N–H and O–H groups in total. The van der Waals surface area contributed by atoms with Crippen molar-refractivity contribution in [2.24, 2.45) is 17.3 Å². The van der Waals surface area contributed by atoms with Crippen LogP contribution in [0.15, 0.2) is 12.2 Å². The van der Waals surface area contributed by atoms with Crippen LogP contribution in [-0.2, 0) is 14.3 Å². The summed E-state index contributed by atoms with van der Waals surface area (Å²) in [6.07, 6.45) is 4.76. The molecule has 4 bridgehead atoms. The lowest BCUT2D eigenvalue weighted by Crippen LogP contribution is -2.59. The highest BCUT2D eigenvalue weighted by Crippen LogP contribution is 2.62. The van der Waals surface area contributed by atoms with Gasteiger partial charge in [-0.2, -0.15) is 0 Å². The van der Waals surface area contributed by atoms with Gasteiger partial charge in [-0.25, -0.2) is 4.79 Å². The highest BCUT2D eigenvalue weighted by atomic mass is 16.6. The zero-order chi connectivity index (χ0) is 13.8. The second-order valence-corrected chi connectivity index (χ2v) is 6.90. The molecule has 0 aliphatic heterocycles.